The van der Waals surface area contributed by atoms with Crippen molar-refractivity contribution in [1.29, 1.82) is 0 Å². The van der Waals surface area contributed by atoms with E-state index in [9.17, 15) is 0 Å². The van der Waals surface area contributed by atoms with Crippen LogP contribution < -0.4 is 0 Å². The molecule has 0 saturated heterocycles. The molecule has 2 unspecified atom stereocenters. The van der Waals surface area contributed by atoms with Crippen LogP contribution in [0, 0.1) is 0 Å². The van der Waals surface area contributed by atoms with Crippen molar-refractivity contribution in [2.75, 3.05) is 0 Å². The van der Waals surface area contributed by atoms with E-state index in [1.54, 1.807) is 0 Å². The fourth-order valence-electron chi connectivity index (χ4n) is 15.9. The minimum absolute atomic E-state index is 0.182. The van der Waals surface area contributed by atoms with Crippen LogP contribution in [0.4, 0.5) is 0 Å². The Morgan fingerprint density at radius 3 is 1.34 bits per heavy atom. The summed E-state index contributed by atoms with van der Waals surface area (Å²) in [5.41, 5.74) is 22.2. The maximum Gasteiger partial charge on any atom is 0.134 e. The molecule has 2 atom stereocenters. The number of benzene rings is 15. The Kier molecular flexibility index (Phi) is 11.4. The first-order valence-corrected chi connectivity index (χ1v) is 31.0. The zero-order valence-electron chi connectivity index (χ0n) is 48.8. The number of allylic oxidation sites excluding steroid dienone is 1. The van der Waals surface area contributed by atoms with Gasteiger partial charge in [-0.15, -0.1) is 0 Å². The fraction of sp³-hybridized carbons (Fsp3) is 0.0575. The predicted octanol–water partition coefficient (Wildman–Crippen LogP) is 24.2. The van der Waals surface area contributed by atoms with Gasteiger partial charge in [-0.2, -0.15) is 0 Å². The molecule has 1 heterocycles. The lowest BCUT2D eigenvalue weighted by Crippen LogP contribution is -2.24. The zero-order valence-corrected chi connectivity index (χ0v) is 48.8. The van der Waals surface area contributed by atoms with E-state index in [0.717, 1.165) is 24.2 Å². The molecule has 88 heavy (non-hydrogen) atoms. The summed E-state index contributed by atoms with van der Waals surface area (Å²) < 4.78 is 7.08. The van der Waals surface area contributed by atoms with Crippen LogP contribution in [0.25, 0.3) is 160 Å². The van der Waals surface area contributed by atoms with E-state index >= 15 is 0 Å². The van der Waals surface area contributed by atoms with Gasteiger partial charge in [-0.05, 0) is 191 Å². The molecule has 0 amide bonds. The first-order valence-electron chi connectivity index (χ1n) is 31.0. The van der Waals surface area contributed by atoms with Crippen LogP contribution in [0.3, 0.4) is 0 Å². The molecule has 0 spiro atoms. The Hall–Kier alpha value is -10.9. The molecule has 0 saturated carbocycles. The summed E-state index contributed by atoms with van der Waals surface area (Å²) in [5, 5.41) is 16.3. The SMILES string of the molecule is CC1(CC2CC=Cc3c2oc2ccc(-c4cccc(-c5c6ccccc6c(-c6cccc7ccccc67)c6ccccc56)c4)cc32)c2ccccc2-c2ccc(-c3ccc(-c4c5ccccc5c(-c5cccc6ccccc56)c5ccccc45)cc3)cc21. The first kappa shape index (κ1) is 50.5. The van der Waals surface area contributed by atoms with E-state index in [4.69, 9.17) is 4.42 Å². The van der Waals surface area contributed by atoms with Crippen LogP contribution in [0.15, 0.2) is 302 Å². The molecule has 0 radical (unpaired) electrons. The van der Waals surface area contributed by atoms with Gasteiger partial charge >= 0.3 is 0 Å². The second kappa shape index (κ2) is 19.9. The number of rotatable bonds is 8. The zero-order chi connectivity index (χ0) is 58.0. The summed E-state index contributed by atoms with van der Waals surface area (Å²) >= 11 is 0. The summed E-state index contributed by atoms with van der Waals surface area (Å²) in [6.45, 7) is 2.48. The highest BCUT2D eigenvalue weighted by Crippen LogP contribution is 2.56. The molecule has 1 heteroatoms. The number of hydrogen-bond acceptors (Lipinski definition) is 1. The molecule has 0 fully saturated rings. The minimum atomic E-state index is -0.259. The van der Waals surface area contributed by atoms with E-state index in [-0.39, 0.29) is 11.3 Å². The molecule has 15 aromatic carbocycles. The molecular formula is C87H58O. The molecule has 0 N–H and O–H groups in total. The standard InChI is InChI=1S/C87H58O/c1-87(79-41-15-14-29-65(79)66-48-46-60(52-80(66)87)54-42-44-57(45-43-54)82-69-30-6-10-34-73(69)84(74-35-11-7-31-70(74)82)67-38-17-22-55-20-2-4-27-63(55)67)53-62-26-19-40-77-78-51-59(47-49-81(78)88-86(62)77)58-24-16-25-61(50-58)83-71-32-8-12-36-75(71)85(76-37-13-9-33-72(76)83)68-39-18-23-56-21-3-5-28-64(56)68/h2-25,27-52,62H,26,53H2,1H3. The third-order valence-corrected chi connectivity index (χ3v) is 19.9. The number of fused-ring (bicyclic) bond motifs is 12. The second-order valence-electron chi connectivity index (χ2n) is 24.7. The van der Waals surface area contributed by atoms with Crippen LogP contribution in [-0.2, 0) is 5.41 Å². The van der Waals surface area contributed by atoms with Crippen molar-refractivity contribution in [2.45, 2.75) is 31.1 Å². The van der Waals surface area contributed by atoms with Gasteiger partial charge < -0.3 is 4.42 Å². The van der Waals surface area contributed by atoms with Crippen molar-refractivity contribution in [3.63, 3.8) is 0 Å². The maximum absolute atomic E-state index is 7.08. The summed E-state index contributed by atoms with van der Waals surface area (Å²) in [4.78, 5) is 0. The van der Waals surface area contributed by atoms with Crippen LogP contribution in [0.2, 0.25) is 0 Å². The normalized spacial score (nSPS) is 15.2. The Bertz CT molecular complexity index is 5470. The fourth-order valence-corrected chi connectivity index (χ4v) is 15.9. The Morgan fingerprint density at radius 1 is 0.318 bits per heavy atom. The monoisotopic (exact) mass is 1120 g/mol. The highest BCUT2D eigenvalue weighted by atomic mass is 16.3. The molecule has 0 bridgehead atoms. The van der Waals surface area contributed by atoms with E-state index in [1.807, 2.05) is 0 Å². The third kappa shape index (κ3) is 7.73. The van der Waals surface area contributed by atoms with Gasteiger partial charge in [0.15, 0.2) is 0 Å². The highest BCUT2D eigenvalue weighted by Gasteiger charge is 2.42. The van der Waals surface area contributed by atoms with Gasteiger partial charge in [0.05, 0.1) is 0 Å². The third-order valence-electron chi connectivity index (χ3n) is 19.9. The lowest BCUT2D eigenvalue weighted by atomic mass is 9.71. The molecule has 16 aromatic rings. The summed E-state index contributed by atoms with van der Waals surface area (Å²) in [5.74, 6) is 1.28. The molecular weight excluding hydrogens is 1060 g/mol. The van der Waals surface area contributed by atoms with E-state index in [2.05, 4.69) is 310 Å². The topological polar surface area (TPSA) is 13.1 Å². The van der Waals surface area contributed by atoms with Gasteiger partial charge in [-0.25, -0.2) is 0 Å². The van der Waals surface area contributed by atoms with Gasteiger partial charge in [0.25, 0.3) is 0 Å². The van der Waals surface area contributed by atoms with Gasteiger partial charge in [0.1, 0.15) is 11.3 Å². The summed E-state index contributed by atoms with van der Waals surface area (Å²) in [6, 6.07) is 109. The lowest BCUT2D eigenvalue weighted by Gasteiger charge is -2.32. The molecule has 1 aromatic heterocycles. The van der Waals surface area contributed by atoms with Crippen molar-refractivity contribution >= 4 is 81.7 Å². The Balaban J connectivity index is 0.686. The maximum atomic E-state index is 7.08. The summed E-state index contributed by atoms with van der Waals surface area (Å²) in [7, 11) is 0. The molecule has 0 aliphatic heterocycles. The van der Waals surface area contributed by atoms with Crippen molar-refractivity contribution in [3.05, 3.63) is 320 Å². The molecule has 2 aliphatic carbocycles. The minimum Gasteiger partial charge on any atom is -0.460 e. The molecule has 2 aliphatic rings. The first-order chi connectivity index (χ1) is 43.5. The van der Waals surface area contributed by atoms with Crippen LogP contribution in [-0.4, -0.2) is 0 Å². The van der Waals surface area contributed by atoms with E-state index in [1.165, 1.54) is 165 Å². The van der Waals surface area contributed by atoms with Gasteiger partial charge in [0.2, 0.25) is 0 Å². The van der Waals surface area contributed by atoms with E-state index < -0.39 is 0 Å². The van der Waals surface area contributed by atoms with Crippen LogP contribution >= 0.6 is 0 Å². The van der Waals surface area contributed by atoms with Gasteiger partial charge in [-0.3, -0.25) is 0 Å². The quantitative estimate of drug-likeness (QED) is 0.138. The number of furan rings is 1. The largest absolute Gasteiger partial charge is 0.460 e. The van der Waals surface area contributed by atoms with Crippen molar-refractivity contribution < 1.29 is 4.42 Å². The second-order valence-corrected chi connectivity index (χ2v) is 24.7. The van der Waals surface area contributed by atoms with Crippen molar-refractivity contribution in [3.8, 4) is 77.9 Å². The highest BCUT2D eigenvalue weighted by molar-refractivity contribution is 6.25. The smallest absolute Gasteiger partial charge is 0.134 e. The van der Waals surface area contributed by atoms with Gasteiger partial charge in [-0.1, -0.05) is 286 Å². The van der Waals surface area contributed by atoms with E-state index in [0.29, 0.717) is 0 Å². The Labute approximate surface area is 511 Å². The van der Waals surface area contributed by atoms with Crippen molar-refractivity contribution in [1.82, 2.24) is 0 Å². The number of hydrogen-bond donors (Lipinski definition) is 0. The average molecular weight is 1120 g/mol. The predicted molar refractivity (Wildman–Crippen MR) is 373 cm³/mol. The average Bonchev–Trinajstić information content (AvgIpc) is 0.949. The lowest BCUT2D eigenvalue weighted by molar-refractivity contribution is 0.403. The van der Waals surface area contributed by atoms with Crippen molar-refractivity contribution in [2.24, 2.45) is 0 Å². The van der Waals surface area contributed by atoms with Crippen LogP contribution in [0.1, 0.15) is 48.1 Å². The molecule has 412 valence electrons. The summed E-state index contributed by atoms with van der Waals surface area (Å²) in [6.07, 6.45) is 6.55. The van der Waals surface area contributed by atoms with Gasteiger partial charge in [0, 0.05) is 22.3 Å². The van der Waals surface area contributed by atoms with Crippen LogP contribution in [0.5, 0.6) is 0 Å². The molecule has 1 nitrogen and oxygen atoms in total. The Morgan fingerprint density at radius 2 is 0.739 bits per heavy atom. The molecule has 18 rings (SSSR count).